The maximum absolute atomic E-state index is 12.9. The average Bonchev–Trinajstić information content (AvgIpc) is 2.37. The van der Waals surface area contributed by atoms with E-state index in [0.29, 0.717) is 6.42 Å². The number of ether oxygens (including phenoxy) is 1. The van der Waals surface area contributed by atoms with E-state index in [1.54, 1.807) is 0 Å². The number of rotatable bonds is 4. The van der Waals surface area contributed by atoms with E-state index in [1.165, 1.54) is 26.4 Å². The molecule has 4 fully saturated rings. The van der Waals surface area contributed by atoms with Gasteiger partial charge in [0.25, 0.3) is 0 Å². The van der Waals surface area contributed by atoms with Crippen LogP contribution in [0.5, 0.6) is 0 Å². The van der Waals surface area contributed by atoms with Gasteiger partial charge in [-0.3, -0.25) is 9.59 Å². The van der Waals surface area contributed by atoms with Crippen LogP contribution in [0.1, 0.15) is 51.9 Å². The molecular formula is C16H24O3. The molecular weight excluding hydrogens is 240 g/mol. The minimum Gasteiger partial charge on any atom is -0.468 e. The minimum absolute atomic E-state index is 0.177. The molecule has 19 heavy (non-hydrogen) atoms. The molecule has 0 aliphatic heterocycles. The quantitative estimate of drug-likeness (QED) is 0.579. The standard InChI is InChI=1S/C16H24O3/c1-3-13(15(18)19-2)14(17)16-7-10-4-11(8-16)6-12(5-10)9-16/h10-13H,3-9H2,1-2H3. The summed E-state index contributed by atoms with van der Waals surface area (Å²) in [4.78, 5) is 24.8. The number of methoxy groups -OCH3 is 1. The van der Waals surface area contributed by atoms with Crippen molar-refractivity contribution in [2.75, 3.05) is 7.11 Å². The van der Waals surface area contributed by atoms with Gasteiger partial charge in [0, 0.05) is 5.41 Å². The summed E-state index contributed by atoms with van der Waals surface area (Å²) in [5, 5.41) is 0. The third kappa shape index (κ3) is 2.02. The van der Waals surface area contributed by atoms with Crippen molar-refractivity contribution in [2.24, 2.45) is 29.1 Å². The molecule has 0 radical (unpaired) electrons. The molecule has 0 aromatic carbocycles. The number of Topliss-reactive ketones (excluding diaryl/α,β-unsaturated/α-hetero) is 1. The molecule has 4 rings (SSSR count). The Morgan fingerprint density at radius 3 is 1.95 bits per heavy atom. The van der Waals surface area contributed by atoms with Crippen molar-refractivity contribution in [3.05, 3.63) is 0 Å². The summed E-state index contributed by atoms with van der Waals surface area (Å²) < 4.78 is 4.83. The van der Waals surface area contributed by atoms with Gasteiger partial charge in [0.2, 0.25) is 0 Å². The van der Waals surface area contributed by atoms with Crippen molar-refractivity contribution in [3.8, 4) is 0 Å². The molecule has 1 unspecified atom stereocenters. The minimum atomic E-state index is -0.527. The van der Waals surface area contributed by atoms with Crippen LogP contribution < -0.4 is 0 Å². The van der Waals surface area contributed by atoms with Crippen LogP contribution in [-0.2, 0) is 14.3 Å². The molecule has 0 N–H and O–H groups in total. The van der Waals surface area contributed by atoms with E-state index in [9.17, 15) is 9.59 Å². The maximum Gasteiger partial charge on any atom is 0.316 e. The number of hydrogen-bond acceptors (Lipinski definition) is 3. The Bertz CT molecular complexity index is 364. The highest BCUT2D eigenvalue weighted by Gasteiger charge is 2.56. The van der Waals surface area contributed by atoms with E-state index < -0.39 is 5.92 Å². The normalized spacial score (nSPS) is 41.1. The molecule has 4 bridgehead atoms. The Morgan fingerprint density at radius 2 is 1.58 bits per heavy atom. The molecule has 1 atom stereocenters. The molecule has 0 amide bonds. The van der Waals surface area contributed by atoms with E-state index >= 15 is 0 Å². The molecule has 0 aromatic rings. The van der Waals surface area contributed by atoms with E-state index in [-0.39, 0.29) is 17.2 Å². The summed E-state index contributed by atoms with van der Waals surface area (Å²) in [6.45, 7) is 1.92. The lowest BCUT2D eigenvalue weighted by atomic mass is 9.47. The highest BCUT2D eigenvalue weighted by molar-refractivity contribution is 6.02. The van der Waals surface area contributed by atoms with Crippen LogP contribution in [0, 0.1) is 29.1 Å². The van der Waals surface area contributed by atoms with Crippen molar-refractivity contribution >= 4 is 11.8 Å². The van der Waals surface area contributed by atoms with Gasteiger partial charge >= 0.3 is 5.97 Å². The van der Waals surface area contributed by atoms with Crippen LogP contribution in [0.25, 0.3) is 0 Å². The monoisotopic (exact) mass is 264 g/mol. The lowest BCUT2D eigenvalue weighted by molar-refractivity contribution is -0.159. The highest BCUT2D eigenvalue weighted by atomic mass is 16.5. The fraction of sp³-hybridized carbons (Fsp3) is 0.875. The second kappa shape index (κ2) is 4.60. The Morgan fingerprint density at radius 1 is 1.11 bits per heavy atom. The first-order valence-electron chi connectivity index (χ1n) is 7.70. The number of carbonyl (C=O) groups is 2. The molecule has 3 nitrogen and oxygen atoms in total. The Labute approximate surface area is 115 Å². The lowest BCUT2D eigenvalue weighted by Gasteiger charge is -2.56. The second-order valence-corrected chi connectivity index (χ2v) is 7.05. The van der Waals surface area contributed by atoms with Crippen LogP contribution in [0.3, 0.4) is 0 Å². The fourth-order valence-corrected chi connectivity index (χ4v) is 5.38. The van der Waals surface area contributed by atoms with Gasteiger partial charge in [-0.2, -0.15) is 0 Å². The smallest absolute Gasteiger partial charge is 0.316 e. The molecule has 3 heteroatoms. The third-order valence-corrected chi connectivity index (χ3v) is 5.77. The van der Waals surface area contributed by atoms with E-state index in [0.717, 1.165) is 37.0 Å². The van der Waals surface area contributed by atoms with Crippen LogP contribution in [0.15, 0.2) is 0 Å². The Hall–Kier alpha value is -0.860. The second-order valence-electron chi connectivity index (χ2n) is 7.05. The van der Waals surface area contributed by atoms with E-state index in [4.69, 9.17) is 4.74 Å². The Balaban J connectivity index is 1.84. The van der Waals surface area contributed by atoms with Gasteiger partial charge in [0.1, 0.15) is 5.92 Å². The van der Waals surface area contributed by atoms with E-state index in [1.807, 2.05) is 6.92 Å². The summed E-state index contributed by atoms with van der Waals surface area (Å²) in [6, 6.07) is 0. The van der Waals surface area contributed by atoms with Crippen molar-refractivity contribution in [3.63, 3.8) is 0 Å². The zero-order valence-corrected chi connectivity index (χ0v) is 12.0. The van der Waals surface area contributed by atoms with E-state index in [2.05, 4.69) is 0 Å². The predicted molar refractivity (Wildman–Crippen MR) is 71.4 cm³/mol. The molecule has 4 aliphatic rings. The van der Waals surface area contributed by atoms with Gasteiger partial charge in [0.15, 0.2) is 5.78 Å². The number of carbonyl (C=O) groups excluding carboxylic acids is 2. The first-order valence-corrected chi connectivity index (χ1v) is 7.70. The third-order valence-electron chi connectivity index (χ3n) is 5.77. The predicted octanol–water partition coefficient (Wildman–Crippen LogP) is 2.97. The van der Waals surface area contributed by atoms with Crippen molar-refractivity contribution in [1.29, 1.82) is 0 Å². The van der Waals surface area contributed by atoms with Gasteiger partial charge in [-0.1, -0.05) is 6.92 Å². The van der Waals surface area contributed by atoms with Crippen molar-refractivity contribution < 1.29 is 14.3 Å². The van der Waals surface area contributed by atoms with Gasteiger partial charge in [0.05, 0.1) is 7.11 Å². The molecule has 4 aliphatic carbocycles. The summed E-state index contributed by atoms with van der Waals surface area (Å²) >= 11 is 0. The van der Waals surface area contributed by atoms with Crippen molar-refractivity contribution in [1.82, 2.24) is 0 Å². The summed E-state index contributed by atoms with van der Waals surface area (Å²) in [7, 11) is 1.39. The van der Waals surface area contributed by atoms with Crippen molar-refractivity contribution in [2.45, 2.75) is 51.9 Å². The molecule has 0 saturated heterocycles. The lowest BCUT2D eigenvalue weighted by Crippen LogP contribution is -2.52. The molecule has 0 aromatic heterocycles. The average molecular weight is 264 g/mol. The molecule has 106 valence electrons. The zero-order chi connectivity index (χ0) is 13.6. The molecule has 0 heterocycles. The fourth-order valence-electron chi connectivity index (χ4n) is 5.38. The summed E-state index contributed by atoms with van der Waals surface area (Å²) in [6.07, 6.45) is 7.64. The van der Waals surface area contributed by atoms with Gasteiger partial charge in [-0.25, -0.2) is 0 Å². The number of hydrogen-bond donors (Lipinski definition) is 0. The maximum atomic E-state index is 12.9. The first kappa shape index (κ1) is 13.1. The topological polar surface area (TPSA) is 43.4 Å². The van der Waals surface area contributed by atoms with Crippen LogP contribution in [0.4, 0.5) is 0 Å². The van der Waals surface area contributed by atoms with Gasteiger partial charge in [-0.15, -0.1) is 0 Å². The summed E-state index contributed by atoms with van der Waals surface area (Å²) in [5.41, 5.74) is -0.177. The largest absolute Gasteiger partial charge is 0.468 e. The van der Waals surface area contributed by atoms with Gasteiger partial charge < -0.3 is 4.74 Å². The van der Waals surface area contributed by atoms with Crippen LogP contribution in [-0.4, -0.2) is 18.9 Å². The van der Waals surface area contributed by atoms with Crippen LogP contribution in [0.2, 0.25) is 0 Å². The SMILES string of the molecule is CCC(C(=O)OC)C(=O)C12CC3CC(CC(C3)C1)C2. The number of esters is 1. The number of ketones is 1. The van der Waals surface area contributed by atoms with Crippen LogP contribution >= 0.6 is 0 Å². The highest BCUT2D eigenvalue weighted by Crippen LogP contribution is 2.61. The first-order chi connectivity index (χ1) is 9.08. The zero-order valence-electron chi connectivity index (χ0n) is 12.0. The Kier molecular flexibility index (Phi) is 3.18. The molecule has 0 spiro atoms. The van der Waals surface area contributed by atoms with Gasteiger partial charge in [-0.05, 0) is 62.7 Å². The molecule has 4 saturated carbocycles. The summed E-state index contributed by atoms with van der Waals surface area (Å²) in [5.74, 6) is 1.56.